The lowest BCUT2D eigenvalue weighted by Gasteiger charge is -2.31. The Kier molecular flexibility index (Phi) is 7.45. The van der Waals surface area contributed by atoms with Crippen molar-refractivity contribution in [2.24, 2.45) is 0 Å². The molecule has 13 nitrogen and oxygen atoms in total. The molecule has 44 heavy (non-hydrogen) atoms. The van der Waals surface area contributed by atoms with E-state index in [4.69, 9.17) is 0 Å². The Morgan fingerprint density at radius 2 is 1.86 bits per heavy atom. The van der Waals surface area contributed by atoms with Crippen molar-refractivity contribution in [1.29, 1.82) is 0 Å². The van der Waals surface area contributed by atoms with E-state index in [0.717, 1.165) is 28.7 Å². The van der Waals surface area contributed by atoms with Crippen molar-refractivity contribution in [1.82, 2.24) is 40.0 Å². The molecular formula is C31H32N8O5. The normalized spacial score (nSPS) is 15.4. The number of benzene rings is 2. The number of aromatic carboxylic acids is 1. The van der Waals surface area contributed by atoms with Crippen molar-refractivity contribution in [2.45, 2.75) is 45.3 Å². The first kappa shape index (κ1) is 28.8. The lowest BCUT2D eigenvalue weighted by molar-refractivity contribution is 0.0695. The Morgan fingerprint density at radius 1 is 1.05 bits per heavy atom. The molecule has 226 valence electrons. The number of urea groups is 1. The SMILES string of the molecule is Cc1c(C(=O)O)ccc2c1CC[C@@H]2NC(=O)c1cc(C(=O)NCc2ccc3c(c2)CN(C(=O)N(C)C)CC3)nc2ncnn12. The van der Waals surface area contributed by atoms with Crippen molar-refractivity contribution in [2.75, 3.05) is 20.6 Å². The smallest absolute Gasteiger partial charge is 0.335 e. The predicted molar refractivity (Wildman–Crippen MR) is 158 cm³/mol. The molecule has 4 amide bonds. The first-order valence-corrected chi connectivity index (χ1v) is 14.3. The highest BCUT2D eigenvalue weighted by Gasteiger charge is 2.29. The summed E-state index contributed by atoms with van der Waals surface area (Å²) in [5.41, 5.74) is 5.97. The van der Waals surface area contributed by atoms with Crippen LogP contribution in [0.4, 0.5) is 4.79 Å². The van der Waals surface area contributed by atoms with Gasteiger partial charge in [0.05, 0.1) is 11.6 Å². The van der Waals surface area contributed by atoms with E-state index in [-0.39, 0.29) is 41.3 Å². The Bertz CT molecular complexity index is 1830. The molecule has 4 aromatic rings. The lowest BCUT2D eigenvalue weighted by atomic mass is 9.97. The van der Waals surface area contributed by atoms with Gasteiger partial charge in [0.15, 0.2) is 0 Å². The summed E-state index contributed by atoms with van der Waals surface area (Å²) < 4.78 is 1.28. The first-order valence-electron chi connectivity index (χ1n) is 14.3. The van der Waals surface area contributed by atoms with E-state index < -0.39 is 17.8 Å². The molecule has 2 aromatic heterocycles. The van der Waals surface area contributed by atoms with Gasteiger partial charge in [-0.05, 0) is 65.6 Å². The molecule has 0 saturated carbocycles. The van der Waals surface area contributed by atoms with E-state index >= 15 is 0 Å². The maximum Gasteiger partial charge on any atom is 0.335 e. The summed E-state index contributed by atoms with van der Waals surface area (Å²) in [6.07, 6.45) is 3.29. The number of carbonyl (C=O) groups excluding carboxylic acids is 3. The van der Waals surface area contributed by atoms with Gasteiger partial charge in [0.1, 0.15) is 17.7 Å². The minimum absolute atomic E-state index is 0.0186. The third kappa shape index (κ3) is 5.32. The number of carboxylic acid groups (broad SMARTS) is 1. The number of carbonyl (C=O) groups is 4. The molecule has 3 heterocycles. The molecule has 13 heteroatoms. The molecule has 0 spiro atoms. The highest BCUT2D eigenvalue weighted by Crippen LogP contribution is 2.35. The van der Waals surface area contributed by atoms with E-state index in [2.05, 4.69) is 25.7 Å². The van der Waals surface area contributed by atoms with E-state index in [9.17, 15) is 24.3 Å². The van der Waals surface area contributed by atoms with Crippen molar-refractivity contribution < 1.29 is 24.3 Å². The lowest BCUT2D eigenvalue weighted by Crippen LogP contribution is -2.42. The monoisotopic (exact) mass is 596 g/mol. The molecule has 1 aliphatic heterocycles. The number of rotatable bonds is 6. The van der Waals surface area contributed by atoms with Crippen LogP contribution in [0.25, 0.3) is 5.78 Å². The molecule has 2 aliphatic rings. The van der Waals surface area contributed by atoms with Crippen LogP contribution < -0.4 is 10.6 Å². The first-order chi connectivity index (χ1) is 21.1. The van der Waals surface area contributed by atoms with Gasteiger partial charge in [-0.2, -0.15) is 14.6 Å². The van der Waals surface area contributed by atoms with Crippen LogP contribution in [-0.2, 0) is 25.9 Å². The molecule has 0 unspecified atom stereocenters. The van der Waals surface area contributed by atoms with Gasteiger partial charge in [-0.25, -0.2) is 14.6 Å². The van der Waals surface area contributed by atoms with Crippen LogP contribution in [0.15, 0.2) is 42.7 Å². The molecule has 2 aromatic carbocycles. The van der Waals surface area contributed by atoms with Crippen LogP contribution in [0.1, 0.15) is 77.2 Å². The number of fused-ring (bicyclic) bond motifs is 3. The van der Waals surface area contributed by atoms with E-state index in [1.54, 1.807) is 43.0 Å². The number of hydrogen-bond acceptors (Lipinski definition) is 7. The number of nitrogens with zero attached hydrogens (tertiary/aromatic N) is 6. The highest BCUT2D eigenvalue weighted by atomic mass is 16.4. The quantitative estimate of drug-likeness (QED) is 0.306. The van der Waals surface area contributed by atoms with E-state index in [1.807, 2.05) is 18.2 Å². The molecule has 0 radical (unpaired) electrons. The average Bonchev–Trinajstić information content (AvgIpc) is 3.66. The minimum Gasteiger partial charge on any atom is -0.478 e. The molecular weight excluding hydrogens is 564 g/mol. The average molecular weight is 597 g/mol. The summed E-state index contributed by atoms with van der Waals surface area (Å²) in [5, 5.41) is 19.5. The van der Waals surface area contributed by atoms with Gasteiger partial charge < -0.3 is 25.5 Å². The van der Waals surface area contributed by atoms with Gasteiger partial charge in [-0.15, -0.1) is 0 Å². The predicted octanol–water partition coefficient (Wildman–Crippen LogP) is 2.52. The molecule has 1 atom stereocenters. The summed E-state index contributed by atoms with van der Waals surface area (Å²) in [6.45, 7) is 3.17. The third-order valence-electron chi connectivity index (χ3n) is 8.34. The zero-order chi connectivity index (χ0) is 31.1. The van der Waals surface area contributed by atoms with Crippen LogP contribution in [0.5, 0.6) is 0 Å². The molecule has 1 aliphatic carbocycles. The Hall–Kier alpha value is -5.33. The number of carboxylic acids is 1. The fourth-order valence-electron chi connectivity index (χ4n) is 6.02. The number of aromatic nitrogens is 4. The fraction of sp³-hybridized carbons (Fsp3) is 0.323. The zero-order valence-corrected chi connectivity index (χ0v) is 24.6. The minimum atomic E-state index is -0.983. The molecule has 3 N–H and O–H groups in total. The van der Waals surface area contributed by atoms with Crippen molar-refractivity contribution in [3.63, 3.8) is 0 Å². The standard InChI is InChI=1S/C31H32N8O5/c1-17-21-8-9-24(23(21)7-6-22(17)29(42)43)35-28(41)26-13-25(36-30-33-16-34-39(26)30)27(40)32-14-18-4-5-19-10-11-38(15-20(19)12-18)31(44)37(2)3/h4-7,12-13,16,24H,8-11,14-15H2,1-3H3,(H,32,40)(H,35,41)(H,42,43)/t24-/m0/s1. The van der Waals surface area contributed by atoms with Crippen molar-refractivity contribution in [3.8, 4) is 0 Å². The van der Waals surface area contributed by atoms with Crippen molar-refractivity contribution >= 4 is 29.6 Å². The Balaban J connectivity index is 1.17. The summed E-state index contributed by atoms with van der Waals surface area (Å²) in [7, 11) is 3.47. The second kappa shape index (κ2) is 11.4. The van der Waals surface area contributed by atoms with Gasteiger partial charge in [-0.1, -0.05) is 24.3 Å². The number of nitrogens with one attached hydrogen (secondary N) is 2. The summed E-state index contributed by atoms with van der Waals surface area (Å²) >= 11 is 0. The van der Waals surface area contributed by atoms with Crippen LogP contribution in [0.3, 0.4) is 0 Å². The van der Waals surface area contributed by atoms with Crippen LogP contribution >= 0.6 is 0 Å². The van der Waals surface area contributed by atoms with Crippen LogP contribution in [0.2, 0.25) is 0 Å². The van der Waals surface area contributed by atoms with E-state index in [1.165, 1.54) is 22.5 Å². The topological polar surface area (TPSA) is 162 Å². The van der Waals surface area contributed by atoms with Gasteiger partial charge in [0.2, 0.25) is 0 Å². The maximum atomic E-state index is 13.5. The number of amides is 4. The highest BCUT2D eigenvalue weighted by molar-refractivity contribution is 5.98. The summed E-state index contributed by atoms with van der Waals surface area (Å²) in [6, 6.07) is 10.3. The second-order valence-electron chi connectivity index (χ2n) is 11.3. The maximum absolute atomic E-state index is 13.5. The summed E-state index contributed by atoms with van der Waals surface area (Å²) in [4.78, 5) is 62.5. The van der Waals surface area contributed by atoms with Crippen molar-refractivity contribution in [3.05, 3.63) is 93.1 Å². The summed E-state index contributed by atoms with van der Waals surface area (Å²) in [5.74, 6) is -1.81. The van der Waals surface area contributed by atoms with Gasteiger partial charge in [-0.3, -0.25) is 9.59 Å². The van der Waals surface area contributed by atoms with Crippen LogP contribution in [-0.4, -0.2) is 78.9 Å². The van der Waals surface area contributed by atoms with E-state index in [0.29, 0.717) is 31.5 Å². The molecule has 0 bridgehead atoms. The van der Waals surface area contributed by atoms with Gasteiger partial charge in [0.25, 0.3) is 17.6 Å². The molecule has 0 fully saturated rings. The fourth-order valence-corrected chi connectivity index (χ4v) is 6.02. The zero-order valence-electron chi connectivity index (χ0n) is 24.6. The molecule has 6 rings (SSSR count). The number of hydrogen-bond donors (Lipinski definition) is 3. The van der Waals surface area contributed by atoms with Gasteiger partial charge >= 0.3 is 12.0 Å². The molecule has 0 saturated heterocycles. The Morgan fingerprint density at radius 3 is 2.64 bits per heavy atom. The van der Waals surface area contributed by atoms with Crippen LogP contribution in [0, 0.1) is 6.92 Å². The van der Waals surface area contributed by atoms with Gasteiger partial charge in [0, 0.05) is 39.8 Å². The largest absolute Gasteiger partial charge is 0.478 e. The third-order valence-corrected chi connectivity index (χ3v) is 8.34. The Labute approximate surface area is 252 Å². The second-order valence-corrected chi connectivity index (χ2v) is 11.3.